The van der Waals surface area contributed by atoms with Crippen molar-refractivity contribution in [1.82, 2.24) is 0 Å². The van der Waals surface area contributed by atoms with Crippen molar-refractivity contribution in [2.24, 2.45) is 10.9 Å². The van der Waals surface area contributed by atoms with Crippen molar-refractivity contribution in [3.05, 3.63) is 48.0 Å². The normalized spacial score (nSPS) is 15.4. The lowest BCUT2D eigenvalue weighted by Crippen LogP contribution is -2.07. The third-order valence-corrected chi connectivity index (χ3v) is 3.00. The molecule has 1 aromatic rings. The van der Waals surface area contributed by atoms with Crippen LogP contribution in [0, 0.1) is 12.8 Å². The highest BCUT2D eigenvalue weighted by atomic mass is 14.8. The number of hydrogen-bond donors (Lipinski definition) is 0. The Kier molecular flexibility index (Phi) is 5.14. The van der Waals surface area contributed by atoms with Gasteiger partial charge in [-0.15, -0.1) is 6.58 Å². The minimum Gasteiger partial charge on any atom is -0.286 e. The van der Waals surface area contributed by atoms with E-state index in [9.17, 15) is 0 Å². The second-order valence-corrected chi connectivity index (χ2v) is 4.88. The Morgan fingerprint density at radius 1 is 1.29 bits per heavy atom. The van der Waals surface area contributed by atoms with E-state index < -0.39 is 0 Å². The standard InChI is InChI=1S/C16H23N/c1-6-12(2)11-14(4)17-15(5)16-9-7-13(3)8-10-16/h6-10,12,14H,1,11H2,2-5H3. The number of nitrogens with zero attached hydrogens (tertiary/aromatic N) is 1. The molecule has 0 saturated heterocycles. The van der Waals surface area contributed by atoms with Gasteiger partial charge in [0.1, 0.15) is 0 Å². The molecule has 1 nitrogen and oxygen atoms in total. The molecule has 0 aromatic heterocycles. The first-order valence-corrected chi connectivity index (χ1v) is 6.27. The van der Waals surface area contributed by atoms with Crippen molar-refractivity contribution >= 4 is 5.71 Å². The van der Waals surface area contributed by atoms with Gasteiger partial charge < -0.3 is 0 Å². The minimum atomic E-state index is 0.351. The van der Waals surface area contributed by atoms with E-state index in [2.05, 4.69) is 58.5 Å². The van der Waals surface area contributed by atoms with Gasteiger partial charge in [0.05, 0.1) is 0 Å². The Labute approximate surface area is 105 Å². The zero-order valence-electron chi connectivity index (χ0n) is 11.4. The van der Waals surface area contributed by atoms with Gasteiger partial charge in [0, 0.05) is 11.8 Å². The summed E-state index contributed by atoms with van der Waals surface area (Å²) in [4.78, 5) is 4.73. The Hall–Kier alpha value is -1.37. The molecule has 0 radical (unpaired) electrons. The average molecular weight is 229 g/mol. The van der Waals surface area contributed by atoms with Gasteiger partial charge in [-0.2, -0.15) is 0 Å². The number of aliphatic imine (C=N–C) groups is 1. The summed E-state index contributed by atoms with van der Waals surface area (Å²) in [7, 11) is 0. The van der Waals surface area contributed by atoms with Crippen LogP contribution in [0.3, 0.4) is 0 Å². The number of benzene rings is 1. The van der Waals surface area contributed by atoms with Crippen LogP contribution >= 0.6 is 0 Å². The Balaban J connectivity index is 2.71. The molecular formula is C16H23N. The summed E-state index contributed by atoms with van der Waals surface area (Å²) in [6, 6.07) is 8.89. The smallest absolute Gasteiger partial charge is 0.0480 e. The predicted octanol–water partition coefficient (Wildman–Crippen LogP) is 4.40. The third kappa shape index (κ3) is 4.56. The molecule has 0 saturated carbocycles. The summed E-state index contributed by atoms with van der Waals surface area (Å²) in [5.74, 6) is 0.527. The molecule has 0 fully saturated rings. The van der Waals surface area contributed by atoms with E-state index in [0.717, 1.165) is 12.1 Å². The highest BCUT2D eigenvalue weighted by Crippen LogP contribution is 2.12. The van der Waals surface area contributed by atoms with Crippen LogP contribution in [0.4, 0.5) is 0 Å². The van der Waals surface area contributed by atoms with Gasteiger partial charge in [0.25, 0.3) is 0 Å². The van der Waals surface area contributed by atoms with Crippen molar-refractivity contribution < 1.29 is 0 Å². The molecule has 0 amide bonds. The lowest BCUT2D eigenvalue weighted by molar-refractivity contribution is 0.565. The quantitative estimate of drug-likeness (QED) is 0.524. The fourth-order valence-electron chi connectivity index (χ4n) is 1.89. The minimum absolute atomic E-state index is 0.351. The Bertz CT molecular complexity index is 386. The van der Waals surface area contributed by atoms with Gasteiger partial charge in [-0.25, -0.2) is 0 Å². The predicted molar refractivity (Wildman–Crippen MR) is 76.8 cm³/mol. The molecule has 0 bridgehead atoms. The van der Waals surface area contributed by atoms with Crippen molar-refractivity contribution in [2.45, 2.75) is 40.2 Å². The molecule has 1 heteroatoms. The van der Waals surface area contributed by atoms with Crippen LogP contribution in [0.1, 0.15) is 38.3 Å². The van der Waals surface area contributed by atoms with E-state index in [4.69, 9.17) is 4.99 Å². The third-order valence-electron chi connectivity index (χ3n) is 3.00. The summed E-state index contributed by atoms with van der Waals surface area (Å²) in [6.45, 7) is 12.3. The topological polar surface area (TPSA) is 12.4 Å². The van der Waals surface area contributed by atoms with Gasteiger partial charge in [-0.3, -0.25) is 4.99 Å². The van der Waals surface area contributed by atoms with Crippen LogP contribution in [0.5, 0.6) is 0 Å². The average Bonchev–Trinajstić information content (AvgIpc) is 2.29. The Morgan fingerprint density at radius 3 is 2.41 bits per heavy atom. The molecule has 2 atom stereocenters. The summed E-state index contributed by atoms with van der Waals surface area (Å²) in [6.07, 6.45) is 3.06. The van der Waals surface area contributed by atoms with Crippen LogP contribution in [-0.2, 0) is 0 Å². The molecule has 0 N–H and O–H groups in total. The SMILES string of the molecule is C=CC(C)CC(C)N=C(C)c1ccc(C)cc1. The zero-order valence-corrected chi connectivity index (χ0v) is 11.4. The molecule has 0 aliphatic heterocycles. The first-order chi connectivity index (χ1) is 8.02. The van der Waals surface area contributed by atoms with E-state index in [0.29, 0.717) is 12.0 Å². The molecule has 1 aromatic carbocycles. The van der Waals surface area contributed by atoms with Gasteiger partial charge in [0.2, 0.25) is 0 Å². The van der Waals surface area contributed by atoms with E-state index >= 15 is 0 Å². The van der Waals surface area contributed by atoms with E-state index in [-0.39, 0.29) is 0 Å². The van der Waals surface area contributed by atoms with Crippen LogP contribution in [0.25, 0.3) is 0 Å². The van der Waals surface area contributed by atoms with Crippen LogP contribution in [0.2, 0.25) is 0 Å². The van der Waals surface area contributed by atoms with E-state index in [1.54, 1.807) is 0 Å². The molecule has 0 aliphatic carbocycles. The monoisotopic (exact) mass is 229 g/mol. The summed E-state index contributed by atoms with van der Waals surface area (Å²) >= 11 is 0. The van der Waals surface area contributed by atoms with Gasteiger partial charge in [0.15, 0.2) is 0 Å². The number of rotatable bonds is 5. The van der Waals surface area contributed by atoms with Crippen molar-refractivity contribution in [2.75, 3.05) is 0 Å². The molecule has 0 heterocycles. The van der Waals surface area contributed by atoms with Crippen LogP contribution in [-0.4, -0.2) is 11.8 Å². The lowest BCUT2D eigenvalue weighted by Gasteiger charge is -2.11. The largest absolute Gasteiger partial charge is 0.286 e. The number of aryl methyl sites for hydroxylation is 1. The van der Waals surface area contributed by atoms with Crippen molar-refractivity contribution in [3.63, 3.8) is 0 Å². The number of allylic oxidation sites excluding steroid dienone is 1. The zero-order chi connectivity index (χ0) is 12.8. The fraction of sp³-hybridized carbons (Fsp3) is 0.438. The van der Waals surface area contributed by atoms with Gasteiger partial charge >= 0.3 is 0 Å². The maximum Gasteiger partial charge on any atom is 0.0480 e. The van der Waals surface area contributed by atoms with E-state index in [1.807, 2.05) is 6.08 Å². The first-order valence-electron chi connectivity index (χ1n) is 6.27. The summed E-state index contributed by atoms with van der Waals surface area (Å²) < 4.78 is 0. The summed E-state index contributed by atoms with van der Waals surface area (Å²) in [5.41, 5.74) is 3.62. The lowest BCUT2D eigenvalue weighted by atomic mass is 10.0. The molecule has 17 heavy (non-hydrogen) atoms. The molecule has 0 aliphatic rings. The van der Waals surface area contributed by atoms with Gasteiger partial charge in [-0.1, -0.05) is 42.8 Å². The number of hydrogen-bond acceptors (Lipinski definition) is 1. The highest BCUT2D eigenvalue weighted by molar-refractivity contribution is 5.98. The molecule has 0 spiro atoms. The maximum atomic E-state index is 4.73. The van der Waals surface area contributed by atoms with Crippen LogP contribution in [0.15, 0.2) is 41.9 Å². The second-order valence-electron chi connectivity index (χ2n) is 4.88. The van der Waals surface area contributed by atoms with Crippen molar-refractivity contribution in [1.29, 1.82) is 0 Å². The van der Waals surface area contributed by atoms with Crippen LogP contribution < -0.4 is 0 Å². The highest BCUT2D eigenvalue weighted by Gasteiger charge is 2.05. The maximum absolute atomic E-state index is 4.73. The fourth-order valence-corrected chi connectivity index (χ4v) is 1.89. The summed E-state index contributed by atoms with van der Waals surface area (Å²) in [5, 5.41) is 0. The molecule has 1 rings (SSSR count). The van der Waals surface area contributed by atoms with Gasteiger partial charge in [-0.05, 0) is 38.7 Å². The second kappa shape index (κ2) is 6.39. The Morgan fingerprint density at radius 2 is 1.88 bits per heavy atom. The van der Waals surface area contributed by atoms with E-state index in [1.165, 1.54) is 11.1 Å². The molecule has 92 valence electrons. The molecular weight excluding hydrogens is 206 g/mol. The molecule has 2 unspecified atom stereocenters. The first kappa shape index (κ1) is 13.7. The van der Waals surface area contributed by atoms with Crippen molar-refractivity contribution in [3.8, 4) is 0 Å².